The Labute approximate surface area is 139 Å². The molecule has 0 aromatic heterocycles. The zero-order valence-corrected chi connectivity index (χ0v) is 16.8. The van der Waals surface area contributed by atoms with E-state index in [1.807, 2.05) is 0 Å². The van der Waals surface area contributed by atoms with Gasteiger partial charge in [0, 0.05) is 29.6 Å². The third-order valence-corrected chi connectivity index (χ3v) is 9.72. The molecule has 0 aliphatic heterocycles. The van der Waals surface area contributed by atoms with Gasteiger partial charge in [-0.15, -0.1) is 0 Å². The van der Waals surface area contributed by atoms with E-state index in [2.05, 4.69) is 62.0 Å². The molecule has 1 rings (SSSR count). The Morgan fingerprint density at radius 3 is 2.48 bits per heavy atom. The summed E-state index contributed by atoms with van der Waals surface area (Å²) in [5.74, 6) is 0.233. The van der Waals surface area contributed by atoms with Crippen molar-refractivity contribution in [2.24, 2.45) is 0 Å². The normalized spacial score (nSPS) is 20.0. The molecule has 0 aromatic carbocycles. The van der Waals surface area contributed by atoms with Gasteiger partial charge in [-0.25, -0.2) is 0 Å². The van der Waals surface area contributed by atoms with E-state index in [1.165, 1.54) is 0 Å². The molecule has 1 aliphatic carbocycles. The van der Waals surface area contributed by atoms with Crippen LogP contribution < -0.4 is 5.32 Å². The molecular weight excluding hydrogens is 346 g/mol. The Balaban J connectivity index is 2.69. The predicted octanol–water partition coefficient (Wildman–Crippen LogP) is 4.39. The maximum atomic E-state index is 11.5. The van der Waals surface area contributed by atoms with Crippen LogP contribution in [0.25, 0.3) is 0 Å². The number of hydrogen-bond donors (Lipinski definition) is 1. The number of alkyl halides is 1. The summed E-state index contributed by atoms with van der Waals surface area (Å²) in [5.41, 5.74) is 1.06. The average Bonchev–Trinajstić information content (AvgIpc) is 2.34. The minimum Gasteiger partial charge on any atom is -0.411 e. The zero-order valence-electron chi connectivity index (χ0n) is 14.3. The van der Waals surface area contributed by atoms with E-state index < -0.39 is 8.32 Å². The highest BCUT2D eigenvalue weighted by Gasteiger charge is 2.40. The lowest BCUT2D eigenvalue weighted by Crippen LogP contribution is -2.50. The minimum atomic E-state index is -1.79. The maximum Gasteiger partial charge on any atom is 0.192 e. The Morgan fingerprint density at radius 2 is 2.00 bits per heavy atom. The number of ketones is 1. The first kappa shape index (κ1) is 18.9. The van der Waals surface area contributed by atoms with Crippen LogP contribution in [0, 0.1) is 0 Å². The molecule has 0 fully saturated rings. The van der Waals surface area contributed by atoms with Crippen molar-refractivity contribution in [3.63, 3.8) is 0 Å². The van der Waals surface area contributed by atoms with Crippen LogP contribution >= 0.6 is 15.9 Å². The molecule has 0 radical (unpaired) electrons. The molecule has 0 spiro atoms. The first-order chi connectivity index (χ1) is 9.56. The topological polar surface area (TPSA) is 38.3 Å². The SMILES string of the molecule is C[C@H](NC1=CC(=O)CCC1)[C@@H](CBr)O[Si](C)(C)C(C)(C)C. The lowest BCUT2D eigenvalue weighted by Gasteiger charge is -2.41. The summed E-state index contributed by atoms with van der Waals surface area (Å²) in [5, 5.41) is 4.48. The molecule has 1 N–H and O–H groups in total. The summed E-state index contributed by atoms with van der Waals surface area (Å²) < 4.78 is 6.50. The minimum absolute atomic E-state index is 0.115. The molecule has 21 heavy (non-hydrogen) atoms. The van der Waals surface area contributed by atoms with Crippen LogP contribution in [0.3, 0.4) is 0 Å². The Kier molecular flexibility index (Phi) is 6.69. The third kappa shape index (κ3) is 5.53. The van der Waals surface area contributed by atoms with E-state index in [0.717, 1.165) is 23.9 Å². The molecule has 0 saturated heterocycles. The van der Waals surface area contributed by atoms with Gasteiger partial charge in [0.1, 0.15) is 0 Å². The Hall–Kier alpha value is -0.133. The largest absolute Gasteiger partial charge is 0.411 e. The van der Waals surface area contributed by atoms with Gasteiger partial charge in [-0.1, -0.05) is 36.7 Å². The third-order valence-electron chi connectivity index (χ3n) is 4.58. The number of nitrogens with one attached hydrogen (secondary N) is 1. The van der Waals surface area contributed by atoms with E-state index >= 15 is 0 Å². The van der Waals surface area contributed by atoms with Crippen LogP contribution in [-0.2, 0) is 9.22 Å². The van der Waals surface area contributed by atoms with Gasteiger partial charge in [-0.2, -0.15) is 0 Å². The van der Waals surface area contributed by atoms with E-state index in [4.69, 9.17) is 4.43 Å². The van der Waals surface area contributed by atoms with Gasteiger partial charge in [0.25, 0.3) is 0 Å². The zero-order chi connectivity index (χ0) is 16.3. The van der Waals surface area contributed by atoms with E-state index in [9.17, 15) is 4.79 Å². The monoisotopic (exact) mass is 375 g/mol. The van der Waals surface area contributed by atoms with Crippen molar-refractivity contribution in [2.45, 2.75) is 77.2 Å². The number of carbonyl (C=O) groups excluding carboxylic acids is 1. The van der Waals surface area contributed by atoms with Crippen molar-refractivity contribution >= 4 is 30.0 Å². The lowest BCUT2D eigenvalue weighted by molar-refractivity contribution is -0.115. The molecular formula is C16H30BrNO2Si. The number of rotatable bonds is 6. The van der Waals surface area contributed by atoms with Crippen LogP contribution in [-0.4, -0.2) is 31.6 Å². The molecule has 3 nitrogen and oxygen atoms in total. The first-order valence-electron chi connectivity index (χ1n) is 7.80. The van der Waals surface area contributed by atoms with Crippen molar-refractivity contribution in [2.75, 3.05) is 5.33 Å². The summed E-state index contributed by atoms with van der Waals surface area (Å²) in [6.07, 6.45) is 4.47. The Morgan fingerprint density at radius 1 is 1.38 bits per heavy atom. The molecule has 122 valence electrons. The second-order valence-corrected chi connectivity index (χ2v) is 12.9. The highest BCUT2D eigenvalue weighted by molar-refractivity contribution is 9.09. The predicted molar refractivity (Wildman–Crippen MR) is 95.4 cm³/mol. The van der Waals surface area contributed by atoms with Crippen LogP contribution in [0.1, 0.15) is 47.0 Å². The fraction of sp³-hybridized carbons (Fsp3) is 0.812. The summed E-state index contributed by atoms with van der Waals surface area (Å²) >= 11 is 3.58. The maximum absolute atomic E-state index is 11.5. The molecule has 0 heterocycles. The number of halogens is 1. The second kappa shape index (κ2) is 7.42. The molecule has 0 unspecified atom stereocenters. The smallest absolute Gasteiger partial charge is 0.192 e. The quantitative estimate of drug-likeness (QED) is 0.552. The van der Waals surface area contributed by atoms with Gasteiger partial charge in [0.15, 0.2) is 14.1 Å². The summed E-state index contributed by atoms with van der Waals surface area (Å²) in [6, 6.07) is 0.190. The van der Waals surface area contributed by atoms with E-state index in [0.29, 0.717) is 6.42 Å². The number of carbonyl (C=O) groups is 1. The molecule has 2 atom stereocenters. The highest BCUT2D eigenvalue weighted by atomic mass is 79.9. The van der Waals surface area contributed by atoms with Gasteiger partial charge in [-0.3, -0.25) is 4.79 Å². The van der Waals surface area contributed by atoms with Crippen molar-refractivity contribution in [3.8, 4) is 0 Å². The van der Waals surface area contributed by atoms with Crippen LogP contribution in [0.4, 0.5) is 0 Å². The fourth-order valence-corrected chi connectivity index (χ4v) is 4.45. The molecule has 0 bridgehead atoms. The van der Waals surface area contributed by atoms with Crippen LogP contribution in [0.2, 0.25) is 18.1 Å². The first-order valence-corrected chi connectivity index (χ1v) is 11.8. The van der Waals surface area contributed by atoms with Crippen molar-refractivity contribution in [1.82, 2.24) is 5.32 Å². The second-order valence-electron chi connectivity index (χ2n) is 7.49. The Bertz CT molecular complexity index is 402. The van der Waals surface area contributed by atoms with Crippen LogP contribution in [0.5, 0.6) is 0 Å². The summed E-state index contributed by atoms with van der Waals surface area (Å²) in [7, 11) is -1.79. The highest BCUT2D eigenvalue weighted by Crippen LogP contribution is 2.37. The van der Waals surface area contributed by atoms with Gasteiger partial charge < -0.3 is 9.74 Å². The average molecular weight is 376 g/mol. The van der Waals surface area contributed by atoms with Crippen molar-refractivity contribution in [3.05, 3.63) is 11.8 Å². The van der Waals surface area contributed by atoms with E-state index in [1.54, 1.807) is 6.08 Å². The van der Waals surface area contributed by atoms with Crippen LogP contribution in [0.15, 0.2) is 11.8 Å². The summed E-state index contributed by atoms with van der Waals surface area (Å²) in [6.45, 7) is 13.5. The molecule has 0 amide bonds. The van der Waals surface area contributed by atoms with Gasteiger partial charge >= 0.3 is 0 Å². The number of allylic oxidation sites excluding steroid dienone is 2. The van der Waals surface area contributed by atoms with Crippen molar-refractivity contribution in [1.29, 1.82) is 0 Å². The molecule has 1 aliphatic rings. The van der Waals surface area contributed by atoms with E-state index in [-0.39, 0.29) is 23.0 Å². The van der Waals surface area contributed by atoms with Gasteiger partial charge in [0.05, 0.1) is 6.10 Å². The lowest BCUT2D eigenvalue weighted by atomic mass is 10.0. The van der Waals surface area contributed by atoms with Crippen molar-refractivity contribution < 1.29 is 9.22 Å². The molecule has 5 heteroatoms. The molecule has 0 aromatic rings. The summed E-state index contributed by atoms with van der Waals surface area (Å²) in [4.78, 5) is 11.5. The number of hydrogen-bond acceptors (Lipinski definition) is 3. The fourth-order valence-electron chi connectivity index (χ4n) is 2.11. The molecule has 0 saturated carbocycles. The standard InChI is InChI=1S/C16H30BrNO2Si/c1-12(18-13-8-7-9-14(19)10-13)15(11-17)20-21(5,6)16(2,3)4/h10,12,15,18H,7-9,11H2,1-6H3/t12-,15+/m0/s1. The van der Waals surface area contributed by atoms with Gasteiger partial charge in [-0.05, 0) is 37.9 Å². The van der Waals surface area contributed by atoms with Gasteiger partial charge in [0.2, 0.25) is 0 Å².